The van der Waals surface area contributed by atoms with Crippen LogP contribution in [0, 0.1) is 11.7 Å². The predicted octanol–water partition coefficient (Wildman–Crippen LogP) is 3.67. The van der Waals surface area contributed by atoms with Gasteiger partial charge in [-0.05, 0) is 31.4 Å². The number of carbonyl (C=O) groups is 1. The van der Waals surface area contributed by atoms with E-state index in [1.807, 2.05) is 0 Å². The van der Waals surface area contributed by atoms with Crippen molar-refractivity contribution in [2.24, 2.45) is 5.92 Å². The topological polar surface area (TPSA) is 96.0 Å². The Morgan fingerprint density at radius 3 is 3.16 bits per heavy atom. The molecular weight excluding hydrogens is 435 g/mol. The van der Waals surface area contributed by atoms with Crippen LogP contribution in [0.15, 0.2) is 36.8 Å². The van der Waals surface area contributed by atoms with E-state index >= 15 is 0 Å². The third kappa shape index (κ3) is 5.23. The molecule has 4 rings (SSSR count). The number of fused-ring (bicyclic) bond motifs is 1. The highest BCUT2D eigenvalue weighted by molar-refractivity contribution is 6.31. The summed E-state index contributed by atoms with van der Waals surface area (Å²) in [4.78, 5) is 29.3. The predicted molar refractivity (Wildman–Crippen MR) is 121 cm³/mol. The molecule has 0 aliphatic carbocycles. The number of hydrogen-bond acceptors (Lipinski definition) is 7. The van der Waals surface area contributed by atoms with Gasteiger partial charge in [0, 0.05) is 49.1 Å². The van der Waals surface area contributed by atoms with Gasteiger partial charge >= 0.3 is 5.97 Å². The molecule has 8 nitrogen and oxygen atoms in total. The third-order valence-electron chi connectivity index (χ3n) is 5.46. The molecule has 32 heavy (non-hydrogen) atoms. The van der Waals surface area contributed by atoms with Gasteiger partial charge in [0.1, 0.15) is 5.65 Å². The fourth-order valence-corrected chi connectivity index (χ4v) is 4.03. The molecule has 3 aromatic rings. The van der Waals surface area contributed by atoms with E-state index in [0.29, 0.717) is 41.1 Å². The van der Waals surface area contributed by atoms with Crippen molar-refractivity contribution < 1.29 is 13.9 Å². The summed E-state index contributed by atoms with van der Waals surface area (Å²) in [6.45, 7) is 3.08. The van der Waals surface area contributed by atoms with Crippen LogP contribution < -0.4 is 5.32 Å². The minimum absolute atomic E-state index is 0.169. The SMILES string of the molecule is COC(=O)/C=C/CN1CCCC(CNc2nc(-c3c[nH]c4ncc(Cl)cc34)ncc2F)C1. The zero-order valence-corrected chi connectivity index (χ0v) is 18.4. The van der Waals surface area contributed by atoms with Crippen LogP contribution in [-0.4, -0.2) is 64.1 Å². The molecule has 168 valence electrons. The zero-order chi connectivity index (χ0) is 22.5. The van der Waals surface area contributed by atoms with Crippen molar-refractivity contribution in [3.05, 3.63) is 47.6 Å². The summed E-state index contributed by atoms with van der Waals surface area (Å²) in [7, 11) is 1.36. The molecule has 0 aromatic carbocycles. The molecule has 10 heteroatoms. The number of rotatable bonds is 7. The monoisotopic (exact) mass is 458 g/mol. The molecule has 1 saturated heterocycles. The maximum Gasteiger partial charge on any atom is 0.330 e. The van der Waals surface area contributed by atoms with Gasteiger partial charge in [-0.25, -0.2) is 24.1 Å². The second-order valence-electron chi connectivity index (χ2n) is 7.72. The first-order valence-corrected chi connectivity index (χ1v) is 10.8. The van der Waals surface area contributed by atoms with Crippen molar-refractivity contribution in [3.8, 4) is 11.4 Å². The number of hydrogen-bond donors (Lipinski definition) is 2. The Hall–Kier alpha value is -3.04. The number of nitrogens with one attached hydrogen (secondary N) is 2. The number of aromatic amines is 1. The molecule has 0 amide bonds. The fraction of sp³-hybridized carbons (Fsp3) is 0.364. The fourth-order valence-electron chi connectivity index (χ4n) is 3.87. The minimum Gasteiger partial charge on any atom is -0.466 e. The number of carbonyl (C=O) groups excluding carboxylic acids is 1. The van der Waals surface area contributed by atoms with E-state index in [0.717, 1.165) is 31.3 Å². The second-order valence-corrected chi connectivity index (χ2v) is 8.15. The molecule has 0 radical (unpaired) electrons. The third-order valence-corrected chi connectivity index (χ3v) is 5.67. The summed E-state index contributed by atoms with van der Waals surface area (Å²) in [6, 6.07) is 1.78. The van der Waals surface area contributed by atoms with Crippen molar-refractivity contribution in [1.29, 1.82) is 0 Å². The molecule has 1 aliphatic rings. The van der Waals surface area contributed by atoms with Gasteiger partial charge in [-0.2, -0.15) is 0 Å². The highest BCUT2D eigenvalue weighted by atomic mass is 35.5. The van der Waals surface area contributed by atoms with Gasteiger partial charge in [-0.1, -0.05) is 17.7 Å². The number of H-pyrrole nitrogens is 1. The van der Waals surface area contributed by atoms with Gasteiger partial charge in [0.25, 0.3) is 0 Å². The molecule has 0 bridgehead atoms. The number of nitrogens with zero attached hydrogens (tertiary/aromatic N) is 4. The van der Waals surface area contributed by atoms with Gasteiger partial charge in [0.2, 0.25) is 0 Å². The lowest BCUT2D eigenvalue weighted by Gasteiger charge is -2.32. The van der Waals surface area contributed by atoms with E-state index in [2.05, 4.69) is 34.9 Å². The van der Waals surface area contributed by atoms with E-state index < -0.39 is 5.82 Å². The minimum atomic E-state index is -0.501. The molecule has 1 unspecified atom stereocenters. The number of halogens is 2. The smallest absolute Gasteiger partial charge is 0.330 e. The Kier molecular flexibility index (Phi) is 6.96. The number of esters is 1. The number of aromatic nitrogens is 4. The van der Waals surface area contributed by atoms with Crippen LogP contribution in [0.25, 0.3) is 22.4 Å². The highest BCUT2D eigenvalue weighted by Gasteiger charge is 2.20. The van der Waals surface area contributed by atoms with Gasteiger partial charge < -0.3 is 15.0 Å². The van der Waals surface area contributed by atoms with Crippen LogP contribution in [0.3, 0.4) is 0 Å². The van der Waals surface area contributed by atoms with E-state index in [4.69, 9.17) is 11.6 Å². The average Bonchev–Trinajstić information content (AvgIpc) is 3.21. The Morgan fingerprint density at radius 1 is 1.44 bits per heavy atom. The first kappa shape index (κ1) is 22.2. The highest BCUT2D eigenvalue weighted by Crippen LogP contribution is 2.28. The molecule has 0 saturated carbocycles. The summed E-state index contributed by atoms with van der Waals surface area (Å²) in [5, 5.41) is 4.43. The lowest BCUT2D eigenvalue weighted by atomic mass is 9.98. The summed E-state index contributed by atoms with van der Waals surface area (Å²) in [6.07, 6.45) is 9.79. The summed E-state index contributed by atoms with van der Waals surface area (Å²) < 4.78 is 19.0. The lowest BCUT2D eigenvalue weighted by Crippen LogP contribution is -2.38. The number of ether oxygens (including phenoxy) is 1. The maximum atomic E-state index is 14.4. The van der Waals surface area contributed by atoms with Gasteiger partial charge in [-0.3, -0.25) is 4.90 Å². The van der Waals surface area contributed by atoms with Crippen LogP contribution in [0.4, 0.5) is 10.2 Å². The van der Waals surface area contributed by atoms with E-state index in [1.54, 1.807) is 24.5 Å². The molecular formula is C22H24ClFN6O2. The Labute approximate surface area is 189 Å². The molecule has 1 aliphatic heterocycles. The largest absolute Gasteiger partial charge is 0.466 e. The standard InChI is InChI=1S/C22H24ClFN6O2/c1-32-19(31)5-3-7-30-6-2-4-14(13-30)9-25-22-18(24)12-28-21(29-22)17-11-27-20-16(17)8-15(23)10-26-20/h3,5,8,10-12,14H,2,4,6-7,9,13H2,1H3,(H,26,27)(H,25,28,29)/b5-3+. The van der Waals surface area contributed by atoms with Crippen LogP contribution in [0.5, 0.6) is 0 Å². The number of pyridine rings is 1. The normalized spacial score (nSPS) is 17.2. The summed E-state index contributed by atoms with van der Waals surface area (Å²) >= 11 is 6.07. The lowest BCUT2D eigenvalue weighted by molar-refractivity contribution is -0.134. The van der Waals surface area contributed by atoms with Crippen LogP contribution >= 0.6 is 11.6 Å². The van der Waals surface area contributed by atoms with Crippen molar-refractivity contribution in [3.63, 3.8) is 0 Å². The van der Waals surface area contributed by atoms with E-state index in [1.165, 1.54) is 19.4 Å². The first-order valence-electron chi connectivity index (χ1n) is 10.4. The molecule has 4 heterocycles. The first-order chi connectivity index (χ1) is 15.5. The Balaban J connectivity index is 1.42. The summed E-state index contributed by atoms with van der Waals surface area (Å²) in [5.74, 6) is 0.0376. The molecule has 3 aromatic heterocycles. The number of piperidine rings is 1. The average molecular weight is 459 g/mol. The Bertz CT molecular complexity index is 1130. The van der Waals surface area contributed by atoms with Crippen molar-refractivity contribution >= 4 is 34.4 Å². The van der Waals surface area contributed by atoms with Crippen molar-refractivity contribution in [2.75, 3.05) is 38.6 Å². The quantitative estimate of drug-likeness (QED) is 0.412. The maximum absolute atomic E-state index is 14.4. The van der Waals surface area contributed by atoms with Gasteiger partial charge in [0.15, 0.2) is 17.5 Å². The van der Waals surface area contributed by atoms with Crippen LogP contribution in [0.1, 0.15) is 12.8 Å². The summed E-state index contributed by atoms with van der Waals surface area (Å²) in [5.41, 5.74) is 1.37. The van der Waals surface area contributed by atoms with Crippen LogP contribution in [-0.2, 0) is 9.53 Å². The van der Waals surface area contributed by atoms with Gasteiger partial charge in [0.05, 0.1) is 18.3 Å². The molecule has 0 spiro atoms. The molecule has 1 atom stereocenters. The van der Waals surface area contributed by atoms with Crippen molar-refractivity contribution in [1.82, 2.24) is 24.8 Å². The second kappa shape index (κ2) is 10.1. The molecule has 1 fully saturated rings. The van der Waals surface area contributed by atoms with Crippen molar-refractivity contribution in [2.45, 2.75) is 12.8 Å². The van der Waals surface area contributed by atoms with Crippen LogP contribution in [0.2, 0.25) is 5.02 Å². The van der Waals surface area contributed by atoms with E-state index in [9.17, 15) is 9.18 Å². The molecule has 2 N–H and O–H groups in total. The number of likely N-dealkylation sites (tertiary alicyclic amines) is 1. The zero-order valence-electron chi connectivity index (χ0n) is 17.6. The Morgan fingerprint density at radius 2 is 2.31 bits per heavy atom. The van der Waals surface area contributed by atoms with Gasteiger partial charge in [-0.15, -0.1) is 0 Å². The number of anilines is 1. The van der Waals surface area contributed by atoms with E-state index in [-0.39, 0.29) is 11.8 Å². The number of methoxy groups -OCH3 is 1.